The normalized spacial score (nSPS) is 13.3. The number of rotatable bonds is 4. The number of hydrogen-bond acceptors (Lipinski definition) is 2. The SMILES string of the molecule is CC1(C)c2ccccc2-c2ccc(N(c3ccc4c(c3)oc3ccccc34)c3cccc4c(-c5cc(Cl)cc(Cl)c5)cccc34)cc21. The molecule has 226 valence electrons. The van der Waals surface area contributed by atoms with Crippen LogP contribution in [-0.2, 0) is 5.41 Å². The van der Waals surface area contributed by atoms with E-state index in [1.165, 1.54) is 22.3 Å². The second-order valence-corrected chi connectivity index (χ2v) is 13.7. The summed E-state index contributed by atoms with van der Waals surface area (Å²) in [5.41, 5.74) is 12.1. The fraction of sp³-hybridized carbons (Fsp3) is 0.0698. The van der Waals surface area contributed by atoms with E-state index < -0.39 is 0 Å². The summed E-state index contributed by atoms with van der Waals surface area (Å²) in [6.07, 6.45) is 0. The lowest BCUT2D eigenvalue weighted by molar-refractivity contribution is 0.660. The molecule has 47 heavy (non-hydrogen) atoms. The first-order chi connectivity index (χ1) is 22.9. The van der Waals surface area contributed by atoms with Gasteiger partial charge in [-0.25, -0.2) is 0 Å². The summed E-state index contributed by atoms with van der Waals surface area (Å²) in [4.78, 5) is 2.36. The molecule has 1 heterocycles. The van der Waals surface area contributed by atoms with E-state index in [4.69, 9.17) is 27.6 Å². The van der Waals surface area contributed by atoms with Crippen LogP contribution in [0.3, 0.4) is 0 Å². The first-order valence-corrected chi connectivity index (χ1v) is 16.6. The zero-order valence-corrected chi connectivity index (χ0v) is 27.4. The van der Waals surface area contributed by atoms with Crippen molar-refractivity contribution in [1.82, 2.24) is 0 Å². The van der Waals surface area contributed by atoms with E-state index >= 15 is 0 Å². The largest absolute Gasteiger partial charge is 0.456 e. The Morgan fingerprint density at radius 1 is 0.489 bits per heavy atom. The highest BCUT2D eigenvalue weighted by molar-refractivity contribution is 6.35. The minimum absolute atomic E-state index is 0.131. The average Bonchev–Trinajstić information content (AvgIpc) is 3.56. The van der Waals surface area contributed by atoms with E-state index in [9.17, 15) is 0 Å². The number of fused-ring (bicyclic) bond motifs is 7. The van der Waals surface area contributed by atoms with Gasteiger partial charge in [0.1, 0.15) is 11.2 Å². The predicted octanol–water partition coefficient (Wildman–Crippen LogP) is 13.5. The van der Waals surface area contributed by atoms with Gasteiger partial charge < -0.3 is 9.32 Å². The predicted molar refractivity (Wildman–Crippen MR) is 199 cm³/mol. The van der Waals surface area contributed by atoms with E-state index in [1.807, 2.05) is 24.3 Å². The van der Waals surface area contributed by atoms with Gasteiger partial charge >= 0.3 is 0 Å². The van der Waals surface area contributed by atoms with Crippen molar-refractivity contribution in [3.63, 3.8) is 0 Å². The van der Waals surface area contributed by atoms with Gasteiger partial charge in [0.05, 0.1) is 5.69 Å². The monoisotopic (exact) mass is 645 g/mol. The van der Waals surface area contributed by atoms with Crippen molar-refractivity contribution in [2.45, 2.75) is 19.3 Å². The molecule has 0 saturated heterocycles. The summed E-state index contributed by atoms with van der Waals surface area (Å²) in [5.74, 6) is 0. The molecule has 0 unspecified atom stereocenters. The van der Waals surface area contributed by atoms with Crippen LogP contribution >= 0.6 is 23.2 Å². The van der Waals surface area contributed by atoms with Crippen LogP contribution in [0.2, 0.25) is 10.0 Å². The maximum Gasteiger partial charge on any atom is 0.137 e. The summed E-state index contributed by atoms with van der Waals surface area (Å²) in [6.45, 7) is 4.65. The molecular formula is C43H29Cl2NO. The number of hydrogen-bond donors (Lipinski definition) is 0. The molecule has 8 aromatic rings. The van der Waals surface area contributed by atoms with E-state index in [1.54, 1.807) is 6.07 Å². The highest BCUT2D eigenvalue weighted by atomic mass is 35.5. The first-order valence-electron chi connectivity index (χ1n) is 15.8. The molecule has 1 aromatic heterocycles. The maximum atomic E-state index is 6.47. The summed E-state index contributed by atoms with van der Waals surface area (Å²) in [6, 6.07) is 49.1. The lowest BCUT2D eigenvalue weighted by Crippen LogP contribution is -2.16. The van der Waals surface area contributed by atoms with Crippen LogP contribution in [0.4, 0.5) is 17.1 Å². The number of nitrogens with zero attached hydrogens (tertiary/aromatic N) is 1. The fourth-order valence-electron chi connectivity index (χ4n) is 7.56. The Morgan fingerprint density at radius 3 is 2.00 bits per heavy atom. The molecule has 0 saturated carbocycles. The van der Waals surface area contributed by atoms with Crippen molar-refractivity contribution in [3.05, 3.63) is 161 Å². The highest BCUT2D eigenvalue weighted by Crippen LogP contribution is 2.51. The molecule has 0 bridgehead atoms. The summed E-state index contributed by atoms with van der Waals surface area (Å²) < 4.78 is 6.40. The van der Waals surface area contributed by atoms with E-state index in [-0.39, 0.29) is 5.41 Å². The van der Waals surface area contributed by atoms with E-state index in [0.717, 1.165) is 60.9 Å². The number of halogens is 2. The van der Waals surface area contributed by atoms with Crippen molar-refractivity contribution < 1.29 is 4.42 Å². The molecule has 0 radical (unpaired) electrons. The smallest absolute Gasteiger partial charge is 0.137 e. The van der Waals surface area contributed by atoms with Crippen molar-refractivity contribution in [1.29, 1.82) is 0 Å². The molecule has 2 nitrogen and oxygen atoms in total. The van der Waals surface area contributed by atoms with Crippen molar-refractivity contribution in [2.75, 3.05) is 4.90 Å². The minimum atomic E-state index is -0.131. The molecule has 4 heteroatoms. The van der Waals surface area contributed by atoms with Crippen LogP contribution in [0.25, 0.3) is 55.0 Å². The van der Waals surface area contributed by atoms with Crippen molar-refractivity contribution >= 4 is 73.0 Å². The quantitative estimate of drug-likeness (QED) is 0.189. The van der Waals surface area contributed by atoms with E-state index in [2.05, 4.69) is 128 Å². The fourth-order valence-corrected chi connectivity index (χ4v) is 8.09. The Bertz CT molecular complexity index is 2520. The number of anilines is 3. The third-order valence-corrected chi connectivity index (χ3v) is 10.2. The van der Waals surface area contributed by atoms with Crippen LogP contribution in [0.1, 0.15) is 25.0 Å². The van der Waals surface area contributed by atoms with Gasteiger partial charge in [-0.2, -0.15) is 0 Å². The zero-order chi connectivity index (χ0) is 31.9. The molecule has 1 aliphatic carbocycles. The van der Waals surface area contributed by atoms with Crippen LogP contribution in [0, 0.1) is 0 Å². The van der Waals surface area contributed by atoms with Crippen LogP contribution in [0.5, 0.6) is 0 Å². The van der Waals surface area contributed by atoms with Gasteiger partial charge in [-0.1, -0.05) is 116 Å². The molecule has 0 spiro atoms. The van der Waals surface area contributed by atoms with Crippen molar-refractivity contribution in [2.24, 2.45) is 0 Å². The third kappa shape index (κ3) is 4.40. The Balaban J connectivity index is 1.30. The molecule has 1 aliphatic rings. The summed E-state index contributed by atoms with van der Waals surface area (Å²) in [7, 11) is 0. The zero-order valence-electron chi connectivity index (χ0n) is 25.9. The summed E-state index contributed by atoms with van der Waals surface area (Å²) in [5, 5.41) is 5.69. The molecule has 0 atom stereocenters. The van der Waals surface area contributed by atoms with Crippen molar-refractivity contribution in [3.8, 4) is 22.3 Å². The number of para-hydroxylation sites is 1. The molecule has 9 rings (SSSR count). The van der Waals surface area contributed by atoms with Crippen LogP contribution in [0.15, 0.2) is 144 Å². The highest BCUT2D eigenvalue weighted by Gasteiger charge is 2.35. The van der Waals surface area contributed by atoms with Gasteiger partial charge in [-0.3, -0.25) is 0 Å². The second kappa shape index (κ2) is 10.5. The lowest BCUT2D eigenvalue weighted by atomic mass is 9.82. The Morgan fingerprint density at radius 2 is 1.13 bits per heavy atom. The van der Waals surface area contributed by atoms with Gasteiger partial charge in [0.25, 0.3) is 0 Å². The minimum Gasteiger partial charge on any atom is -0.456 e. The lowest BCUT2D eigenvalue weighted by Gasteiger charge is -2.29. The number of benzene rings is 7. The molecule has 0 aliphatic heterocycles. The molecule has 0 amide bonds. The molecular weight excluding hydrogens is 617 g/mol. The third-order valence-electron chi connectivity index (χ3n) is 9.76. The summed E-state index contributed by atoms with van der Waals surface area (Å²) >= 11 is 12.9. The van der Waals surface area contributed by atoms with Crippen LogP contribution in [-0.4, -0.2) is 0 Å². The van der Waals surface area contributed by atoms with Gasteiger partial charge in [-0.05, 0) is 93.4 Å². The Kier molecular flexibility index (Phi) is 6.31. The molecule has 7 aromatic carbocycles. The second-order valence-electron chi connectivity index (χ2n) is 12.9. The molecule has 0 fully saturated rings. The number of furan rings is 1. The average molecular weight is 647 g/mol. The topological polar surface area (TPSA) is 16.4 Å². The Labute approximate surface area is 283 Å². The molecule has 0 N–H and O–H groups in total. The van der Waals surface area contributed by atoms with Gasteiger partial charge in [0.15, 0.2) is 0 Å². The Hall–Kier alpha value is -5.02. The van der Waals surface area contributed by atoms with Gasteiger partial charge in [-0.15, -0.1) is 0 Å². The standard InChI is InChI=1S/C43H29Cl2NO/c1-43(2)38-14-5-3-9-33(38)34-19-17-29(24-39(34)43)46(30-18-20-37-36-10-4-6-16-41(36)47-42(37)25-30)40-15-8-12-32-31(11-7-13-35(32)40)26-21-27(44)23-28(45)22-26/h3-25H,1-2H3. The van der Waals surface area contributed by atoms with Crippen LogP contribution < -0.4 is 4.90 Å². The van der Waals surface area contributed by atoms with Gasteiger partial charge in [0, 0.05) is 49.1 Å². The van der Waals surface area contributed by atoms with E-state index in [0.29, 0.717) is 10.0 Å². The van der Waals surface area contributed by atoms with Gasteiger partial charge in [0.2, 0.25) is 0 Å². The first kappa shape index (κ1) is 28.2. The maximum absolute atomic E-state index is 6.47.